The summed E-state index contributed by atoms with van der Waals surface area (Å²) in [5, 5.41) is 0.590. The van der Waals surface area contributed by atoms with Gasteiger partial charge in [-0.05, 0) is 130 Å². The molecule has 0 radical (unpaired) electrons. The van der Waals surface area contributed by atoms with Gasteiger partial charge in [-0.25, -0.2) is 9.38 Å². The van der Waals surface area contributed by atoms with Crippen molar-refractivity contribution in [2.45, 2.75) is 13.5 Å². The zero-order valence-electron chi connectivity index (χ0n) is 17.6. The highest BCUT2D eigenvalue weighted by Crippen LogP contribution is 2.34. The number of amides is 1. The highest BCUT2D eigenvalue weighted by Gasteiger charge is 2.32. The van der Waals surface area contributed by atoms with E-state index in [0.29, 0.717) is 28.9 Å². The van der Waals surface area contributed by atoms with Crippen molar-refractivity contribution < 1.29 is 13.9 Å². The fraction of sp³-hybridized carbons (Fsp3) is 0.120. The van der Waals surface area contributed by atoms with Crippen LogP contribution >= 0.6 is 56.9 Å². The summed E-state index contributed by atoms with van der Waals surface area (Å²) in [6.45, 7) is 2.91. The van der Waals surface area contributed by atoms with Crippen molar-refractivity contribution in [3.8, 4) is 5.75 Å². The van der Waals surface area contributed by atoms with Crippen LogP contribution in [0, 0.1) is 13.0 Å². The molecular formula is C25H19FI2N2O2S. The van der Waals surface area contributed by atoms with Gasteiger partial charge in [0.05, 0.1) is 14.2 Å². The third-order valence-corrected chi connectivity index (χ3v) is 7.39. The molecule has 0 atom stereocenters. The topological polar surface area (TPSA) is 41.9 Å². The molecule has 1 amide bonds. The number of carbonyl (C=O) groups excluding carboxylic acids is 1. The molecule has 8 heteroatoms. The molecule has 3 aromatic carbocycles. The summed E-state index contributed by atoms with van der Waals surface area (Å²) in [6, 6.07) is 20.0. The van der Waals surface area contributed by atoms with Gasteiger partial charge in [0.1, 0.15) is 18.2 Å². The smallest absolute Gasteiger partial charge is 0.266 e. The van der Waals surface area contributed by atoms with Crippen LogP contribution < -0.4 is 4.74 Å². The molecule has 1 aliphatic rings. The number of hydrogen-bond donors (Lipinski definition) is 0. The van der Waals surface area contributed by atoms with Gasteiger partial charge in [0.2, 0.25) is 0 Å². The number of hydrogen-bond acceptors (Lipinski definition) is 4. The minimum absolute atomic E-state index is 0.0857. The molecule has 1 aliphatic heterocycles. The average molecular weight is 684 g/mol. The molecule has 0 aliphatic carbocycles. The summed E-state index contributed by atoms with van der Waals surface area (Å²) < 4.78 is 21.3. The molecule has 33 heavy (non-hydrogen) atoms. The Bertz CT molecular complexity index is 1230. The Kier molecular flexibility index (Phi) is 8.07. The number of likely N-dealkylation sites (N-methyl/N-ethyl adjacent to an activating group) is 1. The van der Waals surface area contributed by atoms with Crippen LogP contribution in [0.1, 0.15) is 18.1 Å². The number of ether oxygens (including phenoxy) is 1. The number of aliphatic imine (C=N–C) groups is 1. The van der Waals surface area contributed by atoms with Crippen molar-refractivity contribution in [2.24, 2.45) is 4.99 Å². The predicted molar refractivity (Wildman–Crippen MR) is 149 cm³/mol. The van der Waals surface area contributed by atoms with Crippen LogP contribution in [0.3, 0.4) is 0 Å². The molecule has 0 bridgehead atoms. The van der Waals surface area contributed by atoms with Gasteiger partial charge in [-0.15, -0.1) is 0 Å². The zero-order valence-corrected chi connectivity index (χ0v) is 22.7. The van der Waals surface area contributed by atoms with Gasteiger partial charge in [-0.1, -0.05) is 18.2 Å². The van der Waals surface area contributed by atoms with Gasteiger partial charge in [-0.2, -0.15) is 0 Å². The molecule has 3 aromatic rings. The molecule has 0 unspecified atom stereocenters. The Morgan fingerprint density at radius 2 is 1.79 bits per heavy atom. The number of benzene rings is 3. The van der Waals surface area contributed by atoms with Gasteiger partial charge in [0.15, 0.2) is 5.17 Å². The summed E-state index contributed by atoms with van der Waals surface area (Å²) >= 11 is 5.85. The van der Waals surface area contributed by atoms with E-state index in [9.17, 15) is 9.18 Å². The molecular weight excluding hydrogens is 665 g/mol. The second kappa shape index (κ2) is 11.0. The summed E-state index contributed by atoms with van der Waals surface area (Å²) in [5.41, 5.74) is 2.63. The van der Waals surface area contributed by atoms with E-state index in [1.165, 1.54) is 27.5 Å². The van der Waals surface area contributed by atoms with E-state index in [0.717, 1.165) is 20.4 Å². The first-order valence-corrected chi connectivity index (χ1v) is 13.1. The SMILES string of the molecule is CCN1C(=O)/C(=C\c2ccc(OCc3ccc(I)cc3)c(I)c2)SC1=Nc1ccc(F)cc1. The lowest BCUT2D eigenvalue weighted by atomic mass is 10.2. The van der Waals surface area contributed by atoms with E-state index in [1.54, 1.807) is 17.0 Å². The lowest BCUT2D eigenvalue weighted by molar-refractivity contribution is -0.122. The standard InChI is InChI=1S/C25H19FI2N2O2S/c1-2-30-24(31)23(33-25(30)29-20-10-6-18(26)7-11-20)14-17-5-12-22(21(28)13-17)32-15-16-3-8-19(27)9-4-16/h3-14H,2,15H2,1H3/b23-14+,29-25?. The summed E-state index contributed by atoms with van der Waals surface area (Å²) in [6.07, 6.45) is 1.87. The normalized spacial score (nSPS) is 16.1. The largest absolute Gasteiger partial charge is 0.488 e. The maximum atomic E-state index is 13.2. The van der Waals surface area contributed by atoms with Crippen LogP contribution in [0.15, 0.2) is 76.6 Å². The van der Waals surface area contributed by atoms with E-state index < -0.39 is 0 Å². The zero-order chi connectivity index (χ0) is 23.4. The summed E-state index contributed by atoms with van der Waals surface area (Å²) in [5.74, 6) is 0.399. The number of nitrogens with zero attached hydrogens (tertiary/aromatic N) is 2. The van der Waals surface area contributed by atoms with Gasteiger partial charge in [-0.3, -0.25) is 9.69 Å². The first-order chi connectivity index (χ1) is 15.9. The second-order valence-corrected chi connectivity index (χ2v) is 10.6. The monoisotopic (exact) mass is 684 g/mol. The van der Waals surface area contributed by atoms with E-state index in [4.69, 9.17) is 4.74 Å². The third kappa shape index (κ3) is 6.15. The van der Waals surface area contributed by atoms with Crippen molar-refractivity contribution in [2.75, 3.05) is 6.54 Å². The van der Waals surface area contributed by atoms with Crippen LogP contribution in [0.4, 0.5) is 10.1 Å². The number of amidine groups is 1. The van der Waals surface area contributed by atoms with Crippen LogP contribution in [0.25, 0.3) is 6.08 Å². The minimum Gasteiger partial charge on any atom is -0.488 e. The van der Waals surface area contributed by atoms with Crippen molar-refractivity contribution in [3.05, 3.63) is 95.7 Å². The number of rotatable bonds is 6. The maximum absolute atomic E-state index is 13.2. The molecule has 0 spiro atoms. The lowest BCUT2D eigenvalue weighted by Gasteiger charge is -2.12. The van der Waals surface area contributed by atoms with E-state index in [-0.39, 0.29) is 11.7 Å². The first kappa shape index (κ1) is 24.2. The maximum Gasteiger partial charge on any atom is 0.266 e. The van der Waals surface area contributed by atoms with Crippen molar-refractivity contribution in [3.63, 3.8) is 0 Å². The molecule has 4 nitrogen and oxygen atoms in total. The summed E-state index contributed by atoms with van der Waals surface area (Å²) in [7, 11) is 0. The fourth-order valence-corrected chi connectivity index (χ4v) is 5.23. The van der Waals surface area contributed by atoms with Crippen molar-refractivity contribution in [1.29, 1.82) is 0 Å². The van der Waals surface area contributed by atoms with Crippen LogP contribution in [0.2, 0.25) is 0 Å². The fourth-order valence-electron chi connectivity index (χ4n) is 3.11. The lowest BCUT2D eigenvalue weighted by Crippen LogP contribution is -2.28. The quantitative estimate of drug-likeness (QED) is 0.203. The van der Waals surface area contributed by atoms with E-state index >= 15 is 0 Å². The van der Waals surface area contributed by atoms with Gasteiger partial charge >= 0.3 is 0 Å². The highest BCUT2D eigenvalue weighted by atomic mass is 127. The van der Waals surface area contributed by atoms with E-state index in [1.807, 2.05) is 31.2 Å². The molecule has 1 heterocycles. The third-order valence-electron chi connectivity index (χ3n) is 4.82. The highest BCUT2D eigenvalue weighted by molar-refractivity contribution is 14.1. The second-order valence-electron chi connectivity index (χ2n) is 7.14. The molecule has 0 saturated carbocycles. The van der Waals surface area contributed by atoms with Gasteiger partial charge < -0.3 is 4.74 Å². The predicted octanol–water partition coefficient (Wildman–Crippen LogP) is 7.24. The average Bonchev–Trinajstić information content (AvgIpc) is 3.09. The summed E-state index contributed by atoms with van der Waals surface area (Å²) in [4.78, 5) is 19.7. The van der Waals surface area contributed by atoms with Crippen molar-refractivity contribution in [1.82, 2.24) is 4.90 Å². The number of carbonyl (C=O) groups is 1. The van der Waals surface area contributed by atoms with Gasteiger partial charge in [0, 0.05) is 10.1 Å². The Labute approximate surface area is 223 Å². The molecule has 0 aromatic heterocycles. The molecule has 4 rings (SSSR count). The van der Waals surface area contributed by atoms with Crippen molar-refractivity contribution >= 4 is 79.8 Å². The number of halogens is 3. The molecule has 1 fully saturated rings. The Morgan fingerprint density at radius 3 is 2.45 bits per heavy atom. The Morgan fingerprint density at radius 1 is 1.06 bits per heavy atom. The Hall–Kier alpha value is -1.92. The molecule has 1 saturated heterocycles. The molecule has 0 N–H and O–H groups in total. The first-order valence-electron chi connectivity index (χ1n) is 10.2. The Balaban J connectivity index is 1.50. The minimum atomic E-state index is -0.317. The number of thioether (sulfide) groups is 1. The van der Waals surface area contributed by atoms with Crippen LogP contribution in [-0.4, -0.2) is 22.5 Å². The van der Waals surface area contributed by atoms with Crippen LogP contribution in [-0.2, 0) is 11.4 Å². The van der Waals surface area contributed by atoms with Crippen LogP contribution in [0.5, 0.6) is 5.75 Å². The van der Waals surface area contributed by atoms with Gasteiger partial charge in [0.25, 0.3) is 5.91 Å². The molecule has 168 valence electrons. The van der Waals surface area contributed by atoms with E-state index in [2.05, 4.69) is 74.4 Å².